The van der Waals surface area contributed by atoms with Crippen molar-refractivity contribution in [3.63, 3.8) is 0 Å². The van der Waals surface area contributed by atoms with Crippen LogP contribution in [-0.4, -0.2) is 86.5 Å². The fourth-order valence-electron chi connectivity index (χ4n) is 7.13. The van der Waals surface area contributed by atoms with Crippen molar-refractivity contribution in [2.24, 2.45) is 11.8 Å². The molecule has 0 aromatic rings. The van der Waals surface area contributed by atoms with E-state index in [0.29, 0.717) is 42.5 Å². The Morgan fingerprint density at radius 3 is 0.803 bits per heavy atom. The van der Waals surface area contributed by atoms with E-state index in [0.717, 1.165) is 5.92 Å². The van der Waals surface area contributed by atoms with Crippen LogP contribution in [0.5, 0.6) is 0 Å². The van der Waals surface area contributed by atoms with E-state index in [9.17, 15) is 0 Å². The van der Waals surface area contributed by atoms with Gasteiger partial charge in [-0.25, -0.2) is 0 Å². The summed E-state index contributed by atoms with van der Waals surface area (Å²) in [5.74, 6) is 1.41. The summed E-state index contributed by atoms with van der Waals surface area (Å²) in [5.41, 5.74) is 0. The predicted molar refractivity (Wildman–Crippen MR) is 333 cm³/mol. The maximum Gasteiger partial charge on any atom is 2.00 e. The summed E-state index contributed by atoms with van der Waals surface area (Å²) in [6.45, 7) is 61.6. The van der Waals surface area contributed by atoms with Gasteiger partial charge in [0.05, 0.1) is 36.6 Å². The second kappa shape index (κ2) is 50.5. The Morgan fingerprint density at radius 2 is 0.592 bits per heavy atom. The summed E-state index contributed by atoms with van der Waals surface area (Å²) in [6.07, 6.45) is 27.3. The first-order valence-corrected chi connectivity index (χ1v) is 44.3. The molecule has 3 radical (unpaired) electrons. The van der Waals surface area contributed by atoms with Gasteiger partial charge < -0.3 is 71.1 Å². The van der Waals surface area contributed by atoms with Crippen LogP contribution in [0.4, 0.5) is 0 Å². The molecule has 0 heterocycles. The van der Waals surface area contributed by atoms with Crippen molar-refractivity contribution in [2.75, 3.05) is 0 Å². The Bertz CT molecular complexity index is 1180. The van der Waals surface area contributed by atoms with Crippen LogP contribution < -0.4 is 0 Å². The molecule has 0 aromatic heterocycles. The van der Waals surface area contributed by atoms with Crippen molar-refractivity contribution in [1.82, 2.24) is 0 Å². The van der Waals surface area contributed by atoms with Crippen molar-refractivity contribution >= 4 is 49.9 Å². The van der Waals surface area contributed by atoms with Gasteiger partial charge in [-0.15, -0.1) is 0 Å². The Labute approximate surface area is 487 Å². The minimum Gasteiger partial charge on any atom is -0.412 e. The number of hydrogen-bond donors (Lipinski definition) is 0. The van der Waals surface area contributed by atoms with Crippen LogP contribution in [-0.2, 0) is 76.9 Å². The topological polar surface area (TPSA) is 55.4 Å². The van der Waals surface area contributed by atoms with Gasteiger partial charge in [0.2, 0.25) is 0 Å². The molecule has 0 saturated heterocycles. The first kappa shape index (κ1) is 101. The molecular formula is C56H124Co3O6Si6. The van der Waals surface area contributed by atoms with Gasteiger partial charge in [-0.2, -0.15) is 0 Å². The molecule has 0 bridgehead atoms. The molecule has 3 aliphatic rings. The largest absolute Gasteiger partial charge is 2.00 e. The summed E-state index contributed by atoms with van der Waals surface area (Å²) in [5, 5.41) is 0. The van der Waals surface area contributed by atoms with Gasteiger partial charge in [0.15, 0.2) is 49.9 Å². The molecule has 0 aromatic carbocycles. The molecule has 6 nitrogen and oxygen atoms in total. The molecule has 0 N–H and O–H groups in total. The van der Waals surface area contributed by atoms with Crippen LogP contribution in [0.25, 0.3) is 0 Å². The normalized spacial score (nSPS) is 22.4. The Morgan fingerprint density at radius 1 is 0.352 bits per heavy atom. The van der Waals surface area contributed by atoms with E-state index in [1.165, 1.54) is 44.9 Å². The zero-order valence-electron chi connectivity index (χ0n) is 52.3. The molecule has 3 rings (SSSR count). The molecule has 71 heavy (non-hydrogen) atoms. The number of allylic oxidation sites excluding steroid dienone is 9. The van der Waals surface area contributed by atoms with Gasteiger partial charge >= 0.3 is 50.3 Å². The number of hydrogen-bond acceptors (Lipinski definition) is 6. The molecule has 7 atom stereocenters. The second-order valence-corrected chi connectivity index (χ2v) is 49.6. The van der Waals surface area contributed by atoms with Crippen LogP contribution in [0.3, 0.4) is 0 Å². The molecule has 0 spiro atoms. The Hall–Kier alpha value is 1.02. The third-order valence-corrected chi connectivity index (χ3v) is 14.9. The smallest absolute Gasteiger partial charge is 0.412 e. The Kier molecular flexibility index (Phi) is 71.8. The molecule has 15 heteroatoms. The maximum absolute atomic E-state index is 6.31. The van der Waals surface area contributed by atoms with E-state index < -0.39 is 49.9 Å². The quantitative estimate of drug-likeness (QED) is 0.0925. The van der Waals surface area contributed by atoms with E-state index in [1.54, 1.807) is 18.2 Å². The molecule has 3 fully saturated rings. The van der Waals surface area contributed by atoms with E-state index in [4.69, 9.17) is 26.6 Å². The first-order valence-electron chi connectivity index (χ1n) is 23.8. The minimum atomic E-state index is -1.45. The van der Waals surface area contributed by atoms with E-state index in [-0.39, 0.29) is 94.9 Å². The van der Waals surface area contributed by atoms with Crippen LogP contribution in [0.2, 0.25) is 118 Å². The first-order chi connectivity index (χ1) is 28.1. The summed E-state index contributed by atoms with van der Waals surface area (Å²) in [4.78, 5) is 0. The van der Waals surface area contributed by atoms with Gasteiger partial charge in [0.1, 0.15) is 0 Å². The SMILES string of the molecule is C=C/C=C/C.C=C/C=C/C.C=C/C=C/C.CC1CC(O[Si](C)(C)C)C(O[Si](C)(C)C)C1.CC1CCC(O[Si](C)(C)C)C1O[Si](C)(C)C.C[Si](C)(C)OC1CCCC1O[Si](C)(C)C.[CH3-].[CH3-].[CH3-].[CH3-].[CH3-].[CH3-].[Co+2].[Co+2].[Co+2]. The molecule has 3 saturated carbocycles. The number of rotatable bonds is 15. The fraction of sp³-hybridized carbons (Fsp3) is 0.679. The summed E-state index contributed by atoms with van der Waals surface area (Å²) in [7, 11) is -8.55. The van der Waals surface area contributed by atoms with Crippen LogP contribution in [0.1, 0.15) is 79.6 Å². The summed E-state index contributed by atoms with van der Waals surface area (Å²) in [6, 6.07) is 0. The van der Waals surface area contributed by atoms with E-state index in [1.807, 2.05) is 57.2 Å². The third kappa shape index (κ3) is 65.2. The standard InChI is InChI=1S/2C12H28O2Si2.C11H26O2Si2.3C5H8.6CH3.3Co/c1-10-8-11(13-15(2,3)4)12(9-10)14-16(5,6)7;1-10-8-9-11(13-15(2,3)4)12(10)14-16(5,6)7;1-14(2,3)12-10-8-7-9-11(10)13-15(4,5)6;3*1-3-5-4-2;;;;;;;;;/h2*10-12H,8-9H2,1-7H3;10-11H,7-9H2,1-6H3;3*3-5H,1H2,2H3;6*1H3;;;/q;;;;;;6*-1;3*+2/b;;;3*5-4+;;;;;;;;;. The molecule has 0 amide bonds. The molecule has 0 aliphatic heterocycles. The maximum atomic E-state index is 6.31. The van der Waals surface area contributed by atoms with Gasteiger partial charge in [-0.1, -0.05) is 88.3 Å². The zero-order valence-corrected chi connectivity index (χ0v) is 61.5. The second-order valence-electron chi connectivity index (χ2n) is 22.9. The monoisotopic (exact) mass is 1240 g/mol. The molecular weight excluding hydrogens is 1110 g/mol. The molecule has 7 unspecified atom stereocenters. The van der Waals surface area contributed by atoms with Crippen molar-refractivity contribution in [3.05, 3.63) is 119 Å². The van der Waals surface area contributed by atoms with Crippen LogP contribution in [0, 0.1) is 56.4 Å². The predicted octanol–water partition coefficient (Wildman–Crippen LogP) is 19.3. The summed E-state index contributed by atoms with van der Waals surface area (Å²) < 4.78 is 37.5. The Balaban J connectivity index is -0.0000000609. The van der Waals surface area contributed by atoms with Crippen LogP contribution >= 0.6 is 0 Å². The van der Waals surface area contributed by atoms with Gasteiger partial charge in [-0.05, 0) is 195 Å². The average molecular weight is 1240 g/mol. The summed E-state index contributed by atoms with van der Waals surface area (Å²) >= 11 is 0. The fourth-order valence-corrected chi connectivity index (χ4v) is 14.2. The van der Waals surface area contributed by atoms with E-state index in [2.05, 4.69) is 151 Å². The minimum absolute atomic E-state index is 0. The zero-order chi connectivity index (χ0) is 49.2. The van der Waals surface area contributed by atoms with Crippen molar-refractivity contribution in [1.29, 1.82) is 0 Å². The molecule has 3 aliphatic carbocycles. The van der Waals surface area contributed by atoms with Crippen LogP contribution in [0.15, 0.2) is 74.4 Å². The third-order valence-electron chi connectivity index (χ3n) is 8.91. The van der Waals surface area contributed by atoms with Gasteiger partial charge in [-0.3, -0.25) is 0 Å². The van der Waals surface area contributed by atoms with Gasteiger partial charge in [0.25, 0.3) is 0 Å². The van der Waals surface area contributed by atoms with Crippen molar-refractivity contribution < 1.29 is 76.9 Å². The molecule has 435 valence electrons. The van der Waals surface area contributed by atoms with E-state index >= 15 is 0 Å². The van der Waals surface area contributed by atoms with Crippen molar-refractivity contribution in [3.8, 4) is 0 Å². The van der Waals surface area contributed by atoms with Gasteiger partial charge in [0, 0.05) is 0 Å². The average Bonchev–Trinajstić information content (AvgIpc) is 3.73. The van der Waals surface area contributed by atoms with Crippen molar-refractivity contribution in [2.45, 2.75) is 234 Å².